The monoisotopic (exact) mass is 288 g/mol. The van der Waals surface area contributed by atoms with Crippen molar-refractivity contribution >= 4 is 11.8 Å². The standard InChI is InChI=1S/C20H20N2/c1-3-19-15(2)20-18-12-8-7-9-16(18)13-14-21(20)22(19)17-10-5-4-6-11-17/h3-15,20H,1-2H3/b19-3-/t15-,20-/m0/s1. The van der Waals surface area contributed by atoms with E-state index >= 15 is 0 Å². The second-order valence-corrected chi connectivity index (χ2v) is 5.92. The third-order valence-electron chi connectivity index (χ3n) is 4.72. The van der Waals surface area contributed by atoms with Gasteiger partial charge < -0.3 is 0 Å². The first-order chi connectivity index (χ1) is 10.8. The smallest absolute Gasteiger partial charge is 0.0839 e. The molecular weight excluding hydrogens is 268 g/mol. The molecule has 0 unspecified atom stereocenters. The molecule has 1 saturated heterocycles. The highest BCUT2D eigenvalue weighted by atomic mass is 15.7. The van der Waals surface area contributed by atoms with Crippen molar-refractivity contribution in [1.29, 1.82) is 0 Å². The van der Waals surface area contributed by atoms with Crippen LogP contribution in [-0.4, -0.2) is 5.01 Å². The number of benzene rings is 2. The SMILES string of the molecule is C/C=C1/[C@H](C)[C@H]2c3ccccc3C=CN2N1c1ccccc1. The first-order valence-corrected chi connectivity index (χ1v) is 7.88. The van der Waals surface area contributed by atoms with E-state index in [4.69, 9.17) is 0 Å². The molecule has 4 rings (SSSR count). The highest BCUT2D eigenvalue weighted by Gasteiger charge is 2.42. The number of nitrogens with zero attached hydrogens (tertiary/aromatic N) is 2. The molecule has 0 aliphatic carbocycles. The van der Waals surface area contributed by atoms with E-state index in [9.17, 15) is 0 Å². The van der Waals surface area contributed by atoms with Gasteiger partial charge in [0.15, 0.2) is 0 Å². The first kappa shape index (κ1) is 13.2. The Morgan fingerprint density at radius 3 is 2.45 bits per heavy atom. The van der Waals surface area contributed by atoms with Crippen molar-refractivity contribution < 1.29 is 0 Å². The molecule has 2 aliphatic heterocycles. The number of fused-ring (bicyclic) bond motifs is 3. The van der Waals surface area contributed by atoms with Crippen molar-refractivity contribution in [3.8, 4) is 0 Å². The van der Waals surface area contributed by atoms with E-state index in [1.54, 1.807) is 0 Å². The highest BCUT2D eigenvalue weighted by molar-refractivity contribution is 5.62. The summed E-state index contributed by atoms with van der Waals surface area (Å²) in [6.07, 6.45) is 6.67. The number of para-hydroxylation sites is 1. The minimum atomic E-state index is 0.368. The van der Waals surface area contributed by atoms with E-state index < -0.39 is 0 Å². The zero-order chi connectivity index (χ0) is 15.1. The molecule has 22 heavy (non-hydrogen) atoms. The number of rotatable bonds is 1. The van der Waals surface area contributed by atoms with Crippen LogP contribution >= 0.6 is 0 Å². The summed E-state index contributed by atoms with van der Waals surface area (Å²) in [5, 5.41) is 4.72. The number of anilines is 1. The van der Waals surface area contributed by atoms with Gasteiger partial charge in [0, 0.05) is 17.8 Å². The summed E-state index contributed by atoms with van der Waals surface area (Å²) in [6.45, 7) is 4.46. The maximum absolute atomic E-state index is 2.37. The molecular formula is C20H20N2. The molecule has 0 spiro atoms. The van der Waals surface area contributed by atoms with Gasteiger partial charge in [0.1, 0.15) is 0 Å². The van der Waals surface area contributed by atoms with Crippen LogP contribution in [0.15, 0.2) is 72.6 Å². The van der Waals surface area contributed by atoms with Crippen molar-refractivity contribution in [2.24, 2.45) is 5.92 Å². The Morgan fingerprint density at radius 1 is 0.955 bits per heavy atom. The molecule has 2 heterocycles. The van der Waals surface area contributed by atoms with Crippen molar-refractivity contribution in [1.82, 2.24) is 5.01 Å². The van der Waals surface area contributed by atoms with Crippen LogP contribution in [0.3, 0.4) is 0 Å². The normalized spacial score (nSPS) is 24.5. The topological polar surface area (TPSA) is 6.48 Å². The maximum Gasteiger partial charge on any atom is 0.0839 e. The van der Waals surface area contributed by atoms with Crippen molar-refractivity contribution in [3.63, 3.8) is 0 Å². The molecule has 2 aromatic carbocycles. The number of hydrogen-bond acceptors (Lipinski definition) is 2. The Labute approximate surface area is 132 Å². The Kier molecular flexibility index (Phi) is 3.04. The van der Waals surface area contributed by atoms with E-state index in [0.717, 1.165) is 0 Å². The summed E-state index contributed by atoms with van der Waals surface area (Å²) in [4.78, 5) is 0. The predicted molar refractivity (Wildman–Crippen MR) is 91.9 cm³/mol. The Bertz CT molecular complexity index is 745. The molecule has 0 amide bonds. The van der Waals surface area contributed by atoms with Crippen LogP contribution < -0.4 is 5.01 Å². The number of hydrazine groups is 1. The lowest BCUT2D eigenvalue weighted by Gasteiger charge is -2.35. The van der Waals surface area contributed by atoms with Crippen LogP contribution in [-0.2, 0) is 0 Å². The van der Waals surface area contributed by atoms with Crippen LogP contribution in [0.2, 0.25) is 0 Å². The lowest BCUT2D eigenvalue weighted by atomic mass is 9.89. The van der Waals surface area contributed by atoms with Gasteiger partial charge in [-0.25, -0.2) is 0 Å². The van der Waals surface area contributed by atoms with Gasteiger partial charge in [-0.05, 0) is 36.3 Å². The number of allylic oxidation sites excluding steroid dienone is 1. The summed E-state index contributed by atoms with van der Waals surface area (Å²) in [7, 11) is 0. The molecule has 110 valence electrons. The van der Waals surface area contributed by atoms with E-state index in [1.807, 2.05) is 0 Å². The van der Waals surface area contributed by atoms with Gasteiger partial charge in [0.25, 0.3) is 0 Å². The zero-order valence-electron chi connectivity index (χ0n) is 13.0. The van der Waals surface area contributed by atoms with Crippen LogP contribution in [0, 0.1) is 5.92 Å². The maximum atomic E-state index is 2.37. The average molecular weight is 288 g/mol. The minimum absolute atomic E-state index is 0.368. The van der Waals surface area contributed by atoms with Crippen molar-refractivity contribution in [3.05, 3.63) is 83.7 Å². The molecule has 0 bridgehead atoms. The third-order valence-corrected chi connectivity index (χ3v) is 4.72. The van der Waals surface area contributed by atoms with Gasteiger partial charge >= 0.3 is 0 Å². The molecule has 0 saturated carbocycles. The fourth-order valence-electron chi connectivity index (χ4n) is 3.74. The summed E-state index contributed by atoms with van der Waals surface area (Å²) in [6, 6.07) is 19.7. The number of hydrogen-bond donors (Lipinski definition) is 0. The molecule has 2 nitrogen and oxygen atoms in total. The van der Waals surface area contributed by atoms with E-state index in [2.05, 4.69) is 96.8 Å². The molecule has 1 fully saturated rings. The predicted octanol–water partition coefficient (Wildman–Crippen LogP) is 4.99. The van der Waals surface area contributed by atoms with E-state index in [0.29, 0.717) is 12.0 Å². The van der Waals surface area contributed by atoms with Gasteiger partial charge in [-0.15, -0.1) is 0 Å². The third kappa shape index (κ3) is 1.80. The van der Waals surface area contributed by atoms with Crippen LogP contribution in [0.1, 0.15) is 31.0 Å². The van der Waals surface area contributed by atoms with Crippen molar-refractivity contribution in [2.45, 2.75) is 19.9 Å². The fourth-order valence-corrected chi connectivity index (χ4v) is 3.74. The Balaban J connectivity index is 1.86. The van der Waals surface area contributed by atoms with Crippen LogP contribution in [0.5, 0.6) is 0 Å². The average Bonchev–Trinajstić information content (AvgIpc) is 2.88. The van der Waals surface area contributed by atoms with Gasteiger partial charge in [0.2, 0.25) is 0 Å². The Morgan fingerprint density at radius 2 is 1.68 bits per heavy atom. The van der Waals surface area contributed by atoms with Crippen molar-refractivity contribution in [2.75, 3.05) is 5.01 Å². The minimum Gasteiger partial charge on any atom is -0.280 e. The van der Waals surface area contributed by atoms with Gasteiger partial charge in [-0.2, -0.15) is 0 Å². The molecule has 2 aromatic rings. The van der Waals surface area contributed by atoms with Crippen LogP contribution in [0.25, 0.3) is 6.08 Å². The largest absolute Gasteiger partial charge is 0.280 e. The van der Waals surface area contributed by atoms with Gasteiger partial charge in [-0.3, -0.25) is 10.0 Å². The lowest BCUT2D eigenvalue weighted by molar-refractivity contribution is 0.299. The fraction of sp³-hybridized carbons (Fsp3) is 0.200. The Hall–Kier alpha value is -2.48. The molecule has 2 heteroatoms. The summed E-state index contributed by atoms with van der Waals surface area (Å²) in [5.74, 6) is 0.455. The van der Waals surface area contributed by atoms with Gasteiger partial charge in [-0.1, -0.05) is 55.5 Å². The molecule has 2 aliphatic rings. The van der Waals surface area contributed by atoms with E-state index in [-0.39, 0.29) is 0 Å². The molecule has 2 atom stereocenters. The quantitative estimate of drug-likeness (QED) is 0.729. The van der Waals surface area contributed by atoms with Gasteiger partial charge in [0.05, 0.1) is 11.7 Å². The molecule has 0 aromatic heterocycles. The van der Waals surface area contributed by atoms with Crippen LogP contribution in [0.4, 0.5) is 5.69 Å². The van der Waals surface area contributed by atoms with E-state index in [1.165, 1.54) is 22.5 Å². The molecule has 0 N–H and O–H groups in total. The zero-order valence-corrected chi connectivity index (χ0v) is 13.0. The lowest BCUT2D eigenvalue weighted by Crippen LogP contribution is -2.34. The highest BCUT2D eigenvalue weighted by Crippen LogP contribution is 2.48. The molecule has 0 radical (unpaired) electrons. The second kappa shape index (κ2) is 5.06. The summed E-state index contributed by atoms with van der Waals surface area (Å²) < 4.78 is 0. The second-order valence-electron chi connectivity index (χ2n) is 5.92. The summed E-state index contributed by atoms with van der Waals surface area (Å²) in [5.41, 5.74) is 5.32. The first-order valence-electron chi connectivity index (χ1n) is 7.88. The summed E-state index contributed by atoms with van der Waals surface area (Å²) >= 11 is 0.